The van der Waals surface area contributed by atoms with Gasteiger partial charge in [0.05, 0.1) is 12.5 Å². The summed E-state index contributed by atoms with van der Waals surface area (Å²) in [6.45, 7) is 0. The molecule has 1 heterocycles. The number of benzene rings is 1. The second-order valence-electron chi connectivity index (χ2n) is 2.88. The lowest BCUT2D eigenvalue weighted by molar-refractivity contribution is 0.0692. The third kappa shape index (κ3) is 1.30. The summed E-state index contributed by atoms with van der Waals surface area (Å²) in [4.78, 5) is 10.8. The Kier molecular flexibility index (Phi) is 2.03. The number of hydrogen-bond donors (Lipinski definition) is 2. The number of ether oxygens (including phenoxy) is 1. The maximum absolute atomic E-state index is 13.2. The molecule has 2 N–H and O–H groups in total. The number of nitrogens with one attached hydrogen (secondary N) is 1. The molecule has 0 fully saturated rings. The van der Waals surface area contributed by atoms with E-state index >= 15 is 0 Å². The van der Waals surface area contributed by atoms with E-state index in [-0.39, 0.29) is 22.3 Å². The lowest BCUT2D eigenvalue weighted by atomic mass is 10.2. The molecule has 0 saturated carbocycles. The van der Waals surface area contributed by atoms with E-state index in [0.29, 0.717) is 0 Å². The minimum atomic E-state index is -1.21. The number of H-pyrrole nitrogens is 1. The van der Waals surface area contributed by atoms with Crippen LogP contribution >= 0.6 is 0 Å². The van der Waals surface area contributed by atoms with Gasteiger partial charge in [0.25, 0.3) is 0 Å². The molecular formula is C9H7FN2O3. The van der Waals surface area contributed by atoms with Crippen LogP contribution in [0.5, 0.6) is 5.75 Å². The van der Waals surface area contributed by atoms with Gasteiger partial charge in [0, 0.05) is 0 Å². The van der Waals surface area contributed by atoms with E-state index < -0.39 is 11.8 Å². The van der Waals surface area contributed by atoms with Crippen molar-refractivity contribution >= 4 is 16.9 Å². The highest BCUT2D eigenvalue weighted by Crippen LogP contribution is 2.28. The molecule has 2 aromatic rings. The molecule has 0 aliphatic heterocycles. The summed E-state index contributed by atoms with van der Waals surface area (Å²) in [5.74, 6) is -1.52. The number of aromatic carboxylic acids is 1. The number of carboxylic acids is 1. The van der Waals surface area contributed by atoms with Crippen LogP contribution in [0.25, 0.3) is 10.9 Å². The number of aromatic nitrogens is 2. The van der Waals surface area contributed by atoms with Crippen molar-refractivity contribution < 1.29 is 19.0 Å². The number of halogens is 1. The van der Waals surface area contributed by atoms with Crippen molar-refractivity contribution in [1.29, 1.82) is 0 Å². The first-order valence-electron chi connectivity index (χ1n) is 4.09. The van der Waals surface area contributed by atoms with Gasteiger partial charge in [0.1, 0.15) is 11.3 Å². The molecule has 0 aliphatic rings. The first-order valence-corrected chi connectivity index (χ1v) is 4.09. The molecule has 2 rings (SSSR count). The summed E-state index contributed by atoms with van der Waals surface area (Å²) >= 11 is 0. The van der Waals surface area contributed by atoms with Gasteiger partial charge >= 0.3 is 5.97 Å². The number of fused-ring (bicyclic) bond motifs is 1. The van der Waals surface area contributed by atoms with Crippen LogP contribution in [0.2, 0.25) is 0 Å². The smallest absolute Gasteiger partial charge is 0.354 e. The zero-order valence-corrected chi connectivity index (χ0v) is 7.74. The topological polar surface area (TPSA) is 75.2 Å². The molecule has 0 spiro atoms. The first-order chi connectivity index (χ1) is 7.15. The van der Waals surface area contributed by atoms with E-state index in [1.54, 1.807) is 0 Å². The summed E-state index contributed by atoms with van der Waals surface area (Å²) in [5, 5.41) is 14.8. The van der Waals surface area contributed by atoms with E-state index in [4.69, 9.17) is 9.84 Å². The van der Waals surface area contributed by atoms with Gasteiger partial charge in [0.2, 0.25) is 0 Å². The highest BCUT2D eigenvalue weighted by Gasteiger charge is 2.18. The molecule has 0 aliphatic carbocycles. The number of aromatic amines is 1. The Bertz CT molecular complexity index is 535. The Hall–Kier alpha value is -2.11. The lowest BCUT2D eigenvalue weighted by Gasteiger charge is -2.01. The Morgan fingerprint density at radius 3 is 2.93 bits per heavy atom. The predicted octanol–water partition coefficient (Wildman–Crippen LogP) is 1.41. The largest absolute Gasteiger partial charge is 0.496 e. The molecule has 0 saturated heterocycles. The molecule has 0 radical (unpaired) electrons. The molecule has 0 atom stereocenters. The number of carbonyl (C=O) groups is 1. The van der Waals surface area contributed by atoms with Gasteiger partial charge in [-0.05, 0) is 12.1 Å². The Morgan fingerprint density at radius 2 is 2.33 bits per heavy atom. The predicted molar refractivity (Wildman–Crippen MR) is 49.6 cm³/mol. The Labute approximate surface area is 83.5 Å². The van der Waals surface area contributed by atoms with Crippen LogP contribution in [0.1, 0.15) is 10.5 Å². The normalized spacial score (nSPS) is 10.5. The number of methoxy groups -OCH3 is 1. The summed E-state index contributed by atoms with van der Waals surface area (Å²) in [5.41, 5.74) is -0.215. The second-order valence-corrected chi connectivity index (χ2v) is 2.88. The van der Waals surface area contributed by atoms with Gasteiger partial charge in [-0.1, -0.05) is 0 Å². The van der Waals surface area contributed by atoms with Crippen LogP contribution in [-0.2, 0) is 0 Å². The van der Waals surface area contributed by atoms with Crippen LogP contribution in [-0.4, -0.2) is 28.4 Å². The van der Waals surface area contributed by atoms with Gasteiger partial charge in [0.15, 0.2) is 11.5 Å². The SMILES string of the molecule is COc1ccc(F)c2n[nH]c(C(=O)O)c12. The molecule has 15 heavy (non-hydrogen) atoms. The average Bonchev–Trinajstić information content (AvgIpc) is 2.64. The fourth-order valence-electron chi connectivity index (χ4n) is 1.39. The third-order valence-electron chi connectivity index (χ3n) is 2.05. The van der Waals surface area contributed by atoms with Crippen molar-refractivity contribution in [1.82, 2.24) is 10.2 Å². The van der Waals surface area contributed by atoms with E-state index in [9.17, 15) is 9.18 Å². The summed E-state index contributed by atoms with van der Waals surface area (Å²) in [6.07, 6.45) is 0. The summed E-state index contributed by atoms with van der Waals surface area (Å²) in [7, 11) is 1.38. The quantitative estimate of drug-likeness (QED) is 0.785. The average molecular weight is 210 g/mol. The fourth-order valence-corrected chi connectivity index (χ4v) is 1.39. The molecule has 0 amide bonds. The van der Waals surface area contributed by atoms with Crippen LogP contribution in [0.4, 0.5) is 4.39 Å². The van der Waals surface area contributed by atoms with Crippen molar-refractivity contribution in [2.24, 2.45) is 0 Å². The van der Waals surface area contributed by atoms with Gasteiger partial charge in [-0.25, -0.2) is 9.18 Å². The van der Waals surface area contributed by atoms with E-state index in [1.165, 1.54) is 19.2 Å². The zero-order chi connectivity index (χ0) is 11.0. The zero-order valence-electron chi connectivity index (χ0n) is 7.74. The van der Waals surface area contributed by atoms with Crippen molar-refractivity contribution in [2.45, 2.75) is 0 Å². The molecule has 78 valence electrons. The van der Waals surface area contributed by atoms with Crippen LogP contribution in [0.3, 0.4) is 0 Å². The standard InChI is InChI=1S/C9H7FN2O3/c1-15-5-3-2-4(10)7-6(5)8(9(13)14)12-11-7/h2-3H,1H3,(H,11,12)(H,13,14). The van der Waals surface area contributed by atoms with Gasteiger partial charge < -0.3 is 9.84 Å². The van der Waals surface area contributed by atoms with Crippen molar-refractivity contribution in [3.63, 3.8) is 0 Å². The van der Waals surface area contributed by atoms with Crippen LogP contribution in [0.15, 0.2) is 12.1 Å². The lowest BCUT2D eigenvalue weighted by Crippen LogP contribution is -1.98. The molecule has 1 aromatic heterocycles. The highest BCUT2D eigenvalue weighted by molar-refractivity contribution is 6.03. The molecular weight excluding hydrogens is 203 g/mol. The molecule has 6 heteroatoms. The molecule has 5 nitrogen and oxygen atoms in total. The van der Waals surface area contributed by atoms with Gasteiger partial charge in [-0.15, -0.1) is 0 Å². The van der Waals surface area contributed by atoms with E-state index in [2.05, 4.69) is 10.2 Å². The van der Waals surface area contributed by atoms with Crippen LogP contribution < -0.4 is 4.74 Å². The van der Waals surface area contributed by atoms with E-state index in [1.807, 2.05) is 0 Å². The highest BCUT2D eigenvalue weighted by atomic mass is 19.1. The maximum Gasteiger partial charge on any atom is 0.354 e. The van der Waals surface area contributed by atoms with Gasteiger partial charge in [-0.2, -0.15) is 5.10 Å². The second kappa shape index (κ2) is 3.23. The number of rotatable bonds is 2. The minimum absolute atomic E-state index is 0.0354. The van der Waals surface area contributed by atoms with Crippen molar-refractivity contribution in [3.8, 4) is 5.75 Å². The molecule has 1 aromatic carbocycles. The summed E-state index contributed by atoms with van der Waals surface area (Å²) < 4.78 is 18.2. The maximum atomic E-state index is 13.2. The van der Waals surface area contributed by atoms with Crippen molar-refractivity contribution in [3.05, 3.63) is 23.6 Å². The van der Waals surface area contributed by atoms with Gasteiger partial charge in [-0.3, -0.25) is 5.10 Å². The fraction of sp³-hybridized carbons (Fsp3) is 0.111. The minimum Gasteiger partial charge on any atom is -0.496 e. The number of nitrogens with zero attached hydrogens (tertiary/aromatic N) is 1. The number of hydrogen-bond acceptors (Lipinski definition) is 3. The van der Waals surface area contributed by atoms with E-state index in [0.717, 1.165) is 0 Å². The molecule has 0 unspecified atom stereocenters. The summed E-state index contributed by atoms with van der Waals surface area (Å²) in [6, 6.07) is 2.53. The first kappa shape index (κ1) is 9.45. The monoisotopic (exact) mass is 210 g/mol. The van der Waals surface area contributed by atoms with Crippen molar-refractivity contribution in [2.75, 3.05) is 7.11 Å². The third-order valence-corrected chi connectivity index (χ3v) is 2.05. The number of carboxylic acid groups (broad SMARTS) is 1. The Balaban J connectivity index is 2.86. The van der Waals surface area contributed by atoms with Crippen LogP contribution in [0, 0.1) is 5.82 Å². The Morgan fingerprint density at radius 1 is 1.60 bits per heavy atom. The molecule has 0 bridgehead atoms.